The zero-order valence-electron chi connectivity index (χ0n) is 22.2. The van der Waals surface area contributed by atoms with Crippen molar-refractivity contribution in [1.29, 1.82) is 0 Å². The smallest absolute Gasteiger partial charge is 0.152 e. The number of nitrogens with one attached hydrogen (secondary N) is 1. The van der Waals surface area contributed by atoms with Gasteiger partial charge in [-0.15, -0.1) is 0 Å². The molecular formula is C32H42FNO3. The lowest BCUT2D eigenvalue weighted by Gasteiger charge is -2.25. The standard InChI is InChI=1S/C23H28FNO3.C6H6.C3H8/c1-15(14-18-10-11-21(24)20-5-3-2-4-19(18)20)16-6-8-17(9-7-16)23(28)25-13-12-22(26)27;1-2-4-6-5-3-1;1-3-2/h2-8,10-11,15,17,22-23,25-28H,9,12-14H2,1H3;1-6H;3H2,1-2H3. The molecule has 5 heteroatoms. The summed E-state index contributed by atoms with van der Waals surface area (Å²) in [5, 5.41) is 32.5. The van der Waals surface area contributed by atoms with Crippen molar-refractivity contribution in [3.63, 3.8) is 0 Å². The molecule has 3 aromatic rings. The summed E-state index contributed by atoms with van der Waals surface area (Å²) in [5.74, 6) is 0.0426. The predicted molar refractivity (Wildman–Crippen MR) is 151 cm³/mol. The van der Waals surface area contributed by atoms with Gasteiger partial charge in [0.1, 0.15) is 12.0 Å². The Hall–Kier alpha value is -2.83. The number of halogens is 1. The topological polar surface area (TPSA) is 72.7 Å². The van der Waals surface area contributed by atoms with E-state index < -0.39 is 12.5 Å². The first kappa shape index (κ1) is 30.4. The van der Waals surface area contributed by atoms with Crippen LogP contribution in [0.15, 0.2) is 96.6 Å². The molecule has 0 saturated heterocycles. The van der Waals surface area contributed by atoms with E-state index in [1.807, 2.05) is 72.8 Å². The fourth-order valence-electron chi connectivity index (χ4n) is 4.10. The van der Waals surface area contributed by atoms with Crippen LogP contribution in [0.2, 0.25) is 0 Å². The molecule has 0 aromatic heterocycles. The highest BCUT2D eigenvalue weighted by atomic mass is 19.1. The molecule has 1 aliphatic rings. The van der Waals surface area contributed by atoms with Crippen LogP contribution in [-0.2, 0) is 6.42 Å². The molecule has 1 aliphatic carbocycles. The van der Waals surface area contributed by atoms with Crippen LogP contribution in [0.1, 0.15) is 45.6 Å². The van der Waals surface area contributed by atoms with Crippen LogP contribution in [0.3, 0.4) is 0 Å². The highest BCUT2D eigenvalue weighted by Gasteiger charge is 2.20. The van der Waals surface area contributed by atoms with Gasteiger partial charge in [-0.05, 0) is 41.3 Å². The van der Waals surface area contributed by atoms with Gasteiger partial charge in [0, 0.05) is 24.3 Å². The molecule has 4 rings (SSSR count). The SMILES string of the molecule is CC(Cc1ccc(F)c2ccccc12)C1=CCC(C(O)NCCC(O)O)C=C1.CCC.c1ccccc1. The van der Waals surface area contributed by atoms with E-state index in [2.05, 4.69) is 38.2 Å². The van der Waals surface area contributed by atoms with Gasteiger partial charge in [-0.3, -0.25) is 5.32 Å². The van der Waals surface area contributed by atoms with Gasteiger partial charge in [-0.2, -0.15) is 0 Å². The van der Waals surface area contributed by atoms with Crippen molar-refractivity contribution >= 4 is 10.8 Å². The highest BCUT2D eigenvalue weighted by Crippen LogP contribution is 2.29. The molecule has 0 aliphatic heterocycles. The molecule has 0 heterocycles. The van der Waals surface area contributed by atoms with Gasteiger partial charge in [0.15, 0.2) is 6.29 Å². The number of aliphatic hydroxyl groups is 3. The number of hydrogen-bond acceptors (Lipinski definition) is 4. The van der Waals surface area contributed by atoms with E-state index in [9.17, 15) is 9.50 Å². The van der Waals surface area contributed by atoms with Crippen molar-refractivity contribution in [3.05, 3.63) is 108 Å². The van der Waals surface area contributed by atoms with E-state index in [4.69, 9.17) is 10.2 Å². The summed E-state index contributed by atoms with van der Waals surface area (Å²) in [5.41, 5.74) is 2.34. The molecule has 0 fully saturated rings. The van der Waals surface area contributed by atoms with Crippen molar-refractivity contribution in [2.24, 2.45) is 11.8 Å². The third kappa shape index (κ3) is 10.6. The van der Waals surface area contributed by atoms with E-state index in [1.165, 1.54) is 18.1 Å². The number of allylic oxidation sites excluding steroid dienone is 3. The Kier molecular flexibility index (Phi) is 13.8. The summed E-state index contributed by atoms with van der Waals surface area (Å²) in [7, 11) is 0. The minimum Gasteiger partial charge on any atom is -0.378 e. The van der Waals surface area contributed by atoms with Crippen LogP contribution < -0.4 is 5.32 Å². The third-order valence-corrected chi connectivity index (χ3v) is 6.05. The van der Waals surface area contributed by atoms with E-state index in [0.29, 0.717) is 11.9 Å². The summed E-state index contributed by atoms with van der Waals surface area (Å²) in [4.78, 5) is 0. The summed E-state index contributed by atoms with van der Waals surface area (Å²) in [6.45, 7) is 6.75. The van der Waals surface area contributed by atoms with Crippen molar-refractivity contribution in [2.75, 3.05) is 6.54 Å². The summed E-state index contributed by atoms with van der Waals surface area (Å²) in [6.07, 6.45) is 7.08. The maximum absolute atomic E-state index is 14.0. The Morgan fingerprint density at radius 3 is 2.03 bits per heavy atom. The third-order valence-electron chi connectivity index (χ3n) is 6.05. The predicted octanol–water partition coefficient (Wildman–Crippen LogP) is 6.37. The van der Waals surface area contributed by atoms with Gasteiger partial charge in [-0.1, -0.05) is 112 Å². The number of benzene rings is 3. The van der Waals surface area contributed by atoms with Crippen molar-refractivity contribution < 1.29 is 19.7 Å². The zero-order chi connectivity index (χ0) is 27.0. The molecule has 200 valence electrons. The Morgan fingerprint density at radius 2 is 1.49 bits per heavy atom. The minimum atomic E-state index is -1.36. The van der Waals surface area contributed by atoms with Crippen LogP contribution >= 0.6 is 0 Å². The normalized spacial score (nSPS) is 16.2. The van der Waals surface area contributed by atoms with Crippen LogP contribution in [0.25, 0.3) is 10.8 Å². The van der Waals surface area contributed by atoms with Crippen LogP contribution in [-0.4, -0.2) is 34.4 Å². The van der Waals surface area contributed by atoms with Gasteiger partial charge in [0.05, 0.1) is 0 Å². The lowest BCUT2D eigenvalue weighted by Crippen LogP contribution is -2.37. The van der Waals surface area contributed by atoms with E-state index >= 15 is 0 Å². The molecule has 0 radical (unpaired) electrons. The molecule has 0 bridgehead atoms. The fraction of sp³-hybridized carbons (Fsp3) is 0.375. The fourth-order valence-corrected chi connectivity index (χ4v) is 4.10. The largest absolute Gasteiger partial charge is 0.378 e. The molecule has 4 nitrogen and oxygen atoms in total. The van der Waals surface area contributed by atoms with Gasteiger partial charge in [0.25, 0.3) is 0 Å². The first-order chi connectivity index (χ1) is 17.9. The molecule has 37 heavy (non-hydrogen) atoms. The van der Waals surface area contributed by atoms with Crippen molar-refractivity contribution in [1.82, 2.24) is 5.32 Å². The van der Waals surface area contributed by atoms with Gasteiger partial charge in [-0.25, -0.2) is 4.39 Å². The average Bonchev–Trinajstić information content (AvgIpc) is 2.92. The minimum absolute atomic E-state index is 0.0431. The summed E-state index contributed by atoms with van der Waals surface area (Å²) < 4.78 is 14.0. The van der Waals surface area contributed by atoms with Gasteiger partial charge >= 0.3 is 0 Å². The Bertz CT molecular complexity index is 1070. The quantitative estimate of drug-likeness (QED) is 0.267. The molecule has 0 spiro atoms. The zero-order valence-corrected chi connectivity index (χ0v) is 22.2. The maximum atomic E-state index is 14.0. The molecule has 0 saturated carbocycles. The van der Waals surface area contributed by atoms with Gasteiger partial charge in [0.2, 0.25) is 0 Å². The summed E-state index contributed by atoms with van der Waals surface area (Å²) >= 11 is 0. The molecule has 3 unspecified atom stereocenters. The number of hydrogen-bond donors (Lipinski definition) is 4. The van der Waals surface area contributed by atoms with Crippen molar-refractivity contribution in [2.45, 2.75) is 59.0 Å². The first-order valence-corrected chi connectivity index (χ1v) is 13.2. The monoisotopic (exact) mass is 507 g/mol. The van der Waals surface area contributed by atoms with Gasteiger partial charge < -0.3 is 15.3 Å². The molecule has 3 atom stereocenters. The van der Waals surface area contributed by atoms with E-state index in [-0.39, 0.29) is 24.1 Å². The van der Waals surface area contributed by atoms with E-state index in [1.54, 1.807) is 0 Å². The van der Waals surface area contributed by atoms with Crippen LogP contribution in [0.4, 0.5) is 4.39 Å². The summed E-state index contributed by atoms with van der Waals surface area (Å²) in [6, 6.07) is 23.0. The number of fused-ring (bicyclic) bond motifs is 1. The van der Waals surface area contributed by atoms with E-state index in [0.717, 1.165) is 23.8 Å². The Balaban J connectivity index is 0.000000454. The van der Waals surface area contributed by atoms with Crippen LogP contribution in [0.5, 0.6) is 0 Å². The van der Waals surface area contributed by atoms with Crippen molar-refractivity contribution in [3.8, 4) is 0 Å². The number of aliphatic hydroxyl groups excluding tert-OH is 2. The highest BCUT2D eigenvalue weighted by molar-refractivity contribution is 5.86. The Labute approximate surface area is 221 Å². The molecule has 0 amide bonds. The molecule has 4 N–H and O–H groups in total. The lowest BCUT2D eigenvalue weighted by molar-refractivity contribution is -0.0471. The second kappa shape index (κ2) is 16.8. The molecule has 3 aromatic carbocycles. The first-order valence-electron chi connectivity index (χ1n) is 13.2. The Morgan fingerprint density at radius 1 is 0.892 bits per heavy atom. The average molecular weight is 508 g/mol. The lowest BCUT2D eigenvalue weighted by atomic mass is 9.85. The number of rotatable bonds is 8. The van der Waals surface area contributed by atoms with Crippen LogP contribution in [0, 0.1) is 17.7 Å². The second-order valence-electron chi connectivity index (χ2n) is 9.35. The second-order valence-corrected chi connectivity index (χ2v) is 9.35. The maximum Gasteiger partial charge on any atom is 0.152 e. The molecular weight excluding hydrogens is 465 g/mol.